The standard InChI is InChI=1S/C11H22N2O/c1-9-8-14-11(2,13-9)6-10-4-3-5-12-7-10/h9-10,12-13H,3-8H2,1-2H3. The summed E-state index contributed by atoms with van der Waals surface area (Å²) in [4.78, 5) is 0. The molecule has 0 spiro atoms. The van der Waals surface area contributed by atoms with Crippen LogP contribution in [0, 0.1) is 5.92 Å². The van der Waals surface area contributed by atoms with Crippen LogP contribution in [0.2, 0.25) is 0 Å². The van der Waals surface area contributed by atoms with Crippen molar-refractivity contribution in [2.45, 2.75) is 44.9 Å². The van der Waals surface area contributed by atoms with Crippen LogP contribution in [0.5, 0.6) is 0 Å². The number of rotatable bonds is 2. The Labute approximate surface area is 86.6 Å². The van der Waals surface area contributed by atoms with Crippen molar-refractivity contribution in [3.8, 4) is 0 Å². The van der Waals surface area contributed by atoms with E-state index in [2.05, 4.69) is 24.5 Å². The van der Waals surface area contributed by atoms with Gasteiger partial charge in [-0.1, -0.05) is 0 Å². The lowest BCUT2D eigenvalue weighted by molar-refractivity contribution is -0.0158. The average Bonchev–Trinajstić information content (AvgIpc) is 2.47. The molecule has 2 saturated heterocycles. The molecule has 2 aliphatic rings. The van der Waals surface area contributed by atoms with Crippen molar-refractivity contribution in [3.63, 3.8) is 0 Å². The van der Waals surface area contributed by atoms with Gasteiger partial charge in [0, 0.05) is 6.04 Å². The predicted molar refractivity (Wildman–Crippen MR) is 57.2 cm³/mol. The van der Waals surface area contributed by atoms with Gasteiger partial charge in [0.1, 0.15) is 5.72 Å². The fraction of sp³-hybridized carbons (Fsp3) is 1.00. The normalized spacial score (nSPS) is 44.1. The molecule has 0 aromatic rings. The van der Waals surface area contributed by atoms with Crippen LogP contribution in [-0.4, -0.2) is 31.5 Å². The van der Waals surface area contributed by atoms with Gasteiger partial charge in [0.25, 0.3) is 0 Å². The van der Waals surface area contributed by atoms with Crippen molar-refractivity contribution in [1.82, 2.24) is 10.6 Å². The van der Waals surface area contributed by atoms with E-state index in [1.165, 1.54) is 19.4 Å². The molecule has 2 fully saturated rings. The van der Waals surface area contributed by atoms with E-state index in [-0.39, 0.29) is 5.72 Å². The molecule has 0 aromatic heterocycles. The summed E-state index contributed by atoms with van der Waals surface area (Å²) in [5, 5.41) is 6.98. The topological polar surface area (TPSA) is 33.3 Å². The molecular formula is C11H22N2O. The number of piperidine rings is 1. The monoisotopic (exact) mass is 198 g/mol. The zero-order valence-corrected chi connectivity index (χ0v) is 9.31. The summed E-state index contributed by atoms with van der Waals surface area (Å²) in [6, 6.07) is 0.511. The zero-order valence-electron chi connectivity index (χ0n) is 9.31. The van der Waals surface area contributed by atoms with Crippen molar-refractivity contribution in [1.29, 1.82) is 0 Å². The van der Waals surface area contributed by atoms with Gasteiger partial charge in [0.15, 0.2) is 0 Å². The Kier molecular flexibility index (Phi) is 3.10. The molecule has 2 N–H and O–H groups in total. The Morgan fingerprint density at radius 3 is 2.93 bits per heavy atom. The highest BCUT2D eigenvalue weighted by Crippen LogP contribution is 2.27. The first-order valence-electron chi connectivity index (χ1n) is 5.80. The van der Waals surface area contributed by atoms with Gasteiger partial charge in [-0.3, -0.25) is 5.32 Å². The van der Waals surface area contributed by atoms with Gasteiger partial charge in [-0.25, -0.2) is 0 Å². The third-order valence-corrected chi connectivity index (χ3v) is 3.28. The van der Waals surface area contributed by atoms with Crippen molar-refractivity contribution in [2.24, 2.45) is 5.92 Å². The molecule has 14 heavy (non-hydrogen) atoms. The first kappa shape index (κ1) is 10.4. The van der Waals surface area contributed by atoms with Crippen molar-refractivity contribution in [3.05, 3.63) is 0 Å². The quantitative estimate of drug-likeness (QED) is 0.697. The SMILES string of the molecule is CC1COC(C)(CC2CCCNC2)N1. The molecule has 82 valence electrons. The van der Waals surface area contributed by atoms with Crippen LogP contribution >= 0.6 is 0 Å². The molecule has 2 heterocycles. The molecule has 0 bridgehead atoms. The molecular weight excluding hydrogens is 176 g/mol. The first-order valence-corrected chi connectivity index (χ1v) is 5.80. The fourth-order valence-electron chi connectivity index (χ4n) is 2.68. The second-order valence-electron chi connectivity index (χ2n) is 5.00. The molecule has 3 atom stereocenters. The van der Waals surface area contributed by atoms with Crippen LogP contribution in [0.4, 0.5) is 0 Å². The molecule has 3 unspecified atom stereocenters. The Morgan fingerprint density at radius 2 is 2.36 bits per heavy atom. The smallest absolute Gasteiger partial charge is 0.117 e. The van der Waals surface area contributed by atoms with Gasteiger partial charge < -0.3 is 10.1 Å². The van der Waals surface area contributed by atoms with Gasteiger partial charge in [-0.2, -0.15) is 0 Å². The summed E-state index contributed by atoms with van der Waals surface area (Å²) in [6.45, 7) is 7.58. The van der Waals surface area contributed by atoms with Gasteiger partial charge in [0.2, 0.25) is 0 Å². The molecule has 2 aliphatic heterocycles. The largest absolute Gasteiger partial charge is 0.359 e. The summed E-state index contributed by atoms with van der Waals surface area (Å²) < 4.78 is 5.82. The highest BCUT2D eigenvalue weighted by molar-refractivity contribution is 4.86. The third-order valence-electron chi connectivity index (χ3n) is 3.28. The van der Waals surface area contributed by atoms with Crippen LogP contribution < -0.4 is 10.6 Å². The van der Waals surface area contributed by atoms with Gasteiger partial charge in [-0.05, 0) is 52.1 Å². The molecule has 3 nitrogen and oxygen atoms in total. The van der Waals surface area contributed by atoms with E-state index in [0.717, 1.165) is 25.5 Å². The predicted octanol–water partition coefficient (Wildman–Crippen LogP) is 1.10. The lowest BCUT2D eigenvalue weighted by Gasteiger charge is -2.31. The highest BCUT2D eigenvalue weighted by Gasteiger charge is 2.35. The number of ether oxygens (including phenoxy) is 1. The zero-order chi connectivity index (χ0) is 10.0. The lowest BCUT2D eigenvalue weighted by atomic mass is 9.91. The summed E-state index contributed by atoms with van der Waals surface area (Å²) in [6.07, 6.45) is 3.81. The minimum absolute atomic E-state index is 0.0664. The minimum Gasteiger partial charge on any atom is -0.359 e. The Balaban J connectivity index is 1.83. The minimum atomic E-state index is -0.0664. The third kappa shape index (κ3) is 2.47. The van der Waals surface area contributed by atoms with Gasteiger partial charge in [-0.15, -0.1) is 0 Å². The number of hydrogen-bond donors (Lipinski definition) is 2. The molecule has 3 heteroatoms. The maximum Gasteiger partial charge on any atom is 0.117 e. The van der Waals surface area contributed by atoms with Crippen molar-refractivity contribution < 1.29 is 4.74 Å². The van der Waals surface area contributed by atoms with Crippen molar-refractivity contribution in [2.75, 3.05) is 19.7 Å². The Hall–Kier alpha value is -0.120. The van der Waals surface area contributed by atoms with Crippen LogP contribution in [0.25, 0.3) is 0 Å². The summed E-state index contributed by atoms with van der Waals surface area (Å²) in [5.74, 6) is 0.784. The summed E-state index contributed by atoms with van der Waals surface area (Å²) in [7, 11) is 0. The van der Waals surface area contributed by atoms with E-state index in [1.807, 2.05) is 0 Å². The molecule has 0 radical (unpaired) electrons. The molecule has 2 rings (SSSR count). The molecule has 0 aromatic carbocycles. The van der Waals surface area contributed by atoms with E-state index >= 15 is 0 Å². The van der Waals surface area contributed by atoms with E-state index in [4.69, 9.17) is 4.74 Å². The average molecular weight is 198 g/mol. The van der Waals surface area contributed by atoms with Crippen LogP contribution in [0.3, 0.4) is 0 Å². The summed E-state index contributed by atoms with van der Waals surface area (Å²) >= 11 is 0. The van der Waals surface area contributed by atoms with E-state index in [0.29, 0.717) is 6.04 Å². The van der Waals surface area contributed by atoms with Crippen molar-refractivity contribution >= 4 is 0 Å². The second-order valence-corrected chi connectivity index (χ2v) is 5.00. The second kappa shape index (κ2) is 4.17. The molecule has 0 aliphatic carbocycles. The summed E-state index contributed by atoms with van der Waals surface area (Å²) in [5.41, 5.74) is -0.0664. The number of hydrogen-bond acceptors (Lipinski definition) is 3. The Morgan fingerprint density at radius 1 is 1.50 bits per heavy atom. The molecule has 0 saturated carbocycles. The number of nitrogens with one attached hydrogen (secondary N) is 2. The van der Waals surface area contributed by atoms with Crippen LogP contribution in [-0.2, 0) is 4.74 Å². The van der Waals surface area contributed by atoms with E-state index in [1.54, 1.807) is 0 Å². The molecule has 0 amide bonds. The highest BCUT2D eigenvalue weighted by atomic mass is 16.5. The van der Waals surface area contributed by atoms with Crippen LogP contribution in [0.1, 0.15) is 33.1 Å². The van der Waals surface area contributed by atoms with Gasteiger partial charge >= 0.3 is 0 Å². The van der Waals surface area contributed by atoms with E-state index < -0.39 is 0 Å². The Bertz CT molecular complexity index is 192. The first-order chi connectivity index (χ1) is 6.68. The fourth-order valence-corrected chi connectivity index (χ4v) is 2.68. The van der Waals surface area contributed by atoms with Gasteiger partial charge in [0.05, 0.1) is 6.61 Å². The van der Waals surface area contributed by atoms with E-state index in [9.17, 15) is 0 Å². The maximum atomic E-state index is 5.82. The van der Waals surface area contributed by atoms with Crippen LogP contribution in [0.15, 0.2) is 0 Å². The lowest BCUT2D eigenvalue weighted by Crippen LogP contribution is -2.44. The maximum absolute atomic E-state index is 5.82.